The van der Waals surface area contributed by atoms with E-state index in [4.69, 9.17) is 5.73 Å². The molecule has 0 aromatic carbocycles. The van der Waals surface area contributed by atoms with Crippen molar-refractivity contribution in [2.45, 2.75) is 64.7 Å². The second kappa shape index (κ2) is 3.73. The van der Waals surface area contributed by atoms with Crippen molar-refractivity contribution in [2.75, 3.05) is 6.54 Å². The summed E-state index contributed by atoms with van der Waals surface area (Å²) in [6.45, 7) is 3.33. The van der Waals surface area contributed by atoms with Crippen LogP contribution in [-0.2, 0) is 0 Å². The topological polar surface area (TPSA) is 26.0 Å². The molecule has 0 aliphatic heterocycles. The fourth-order valence-corrected chi connectivity index (χ4v) is 5.83. The third-order valence-corrected chi connectivity index (χ3v) is 5.96. The molecule has 0 aromatic rings. The van der Waals surface area contributed by atoms with Crippen LogP contribution in [0.15, 0.2) is 0 Å². The molecule has 0 amide bonds. The first kappa shape index (κ1) is 11.1. The maximum Gasteiger partial charge on any atom is -0.00771 e. The zero-order valence-corrected chi connectivity index (χ0v) is 10.8. The maximum atomic E-state index is 5.72. The van der Waals surface area contributed by atoms with Crippen molar-refractivity contribution < 1.29 is 0 Å². The molecular weight excluding hydrogens is 194 g/mol. The Morgan fingerprint density at radius 1 is 1.06 bits per heavy atom. The van der Waals surface area contributed by atoms with Crippen molar-refractivity contribution in [2.24, 2.45) is 28.4 Å². The molecule has 4 fully saturated rings. The second-order valence-electron chi connectivity index (χ2n) is 7.21. The van der Waals surface area contributed by atoms with Gasteiger partial charge in [0.15, 0.2) is 0 Å². The van der Waals surface area contributed by atoms with E-state index in [1.54, 1.807) is 38.5 Å². The van der Waals surface area contributed by atoms with E-state index in [-0.39, 0.29) is 0 Å². The van der Waals surface area contributed by atoms with Gasteiger partial charge in [0.25, 0.3) is 0 Å². The first-order valence-corrected chi connectivity index (χ1v) is 7.39. The summed E-state index contributed by atoms with van der Waals surface area (Å²) in [5.74, 6) is 2.16. The highest BCUT2D eigenvalue weighted by Gasteiger charge is 2.56. The maximum absolute atomic E-state index is 5.72. The Kier molecular flexibility index (Phi) is 2.58. The summed E-state index contributed by atoms with van der Waals surface area (Å²) in [6.07, 6.45) is 13.4. The Morgan fingerprint density at radius 2 is 1.69 bits per heavy atom. The van der Waals surface area contributed by atoms with Gasteiger partial charge in [-0.25, -0.2) is 0 Å². The van der Waals surface area contributed by atoms with Gasteiger partial charge in [0.05, 0.1) is 0 Å². The van der Waals surface area contributed by atoms with E-state index in [0.717, 1.165) is 29.2 Å². The van der Waals surface area contributed by atoms with Gasteiger partial charge < -0.3 is 5.73 Å². The monoisotopic (exact) mass is 221 g/mol. The first-order valence-electron chi connectivity index (χ1n) is 7.39. The Labute approximate surface area is 100 Å². The lowest BCUT2D eigenvalue weighted by Crippen LogP contribution is -2.51. The molecule has 2 unspecified atom stereocenters. The average Bonchev–Trinajstić information content (AvgIpc) is 2.25. The smallest absolute Gasteiger partial charge is 0.00771 e. The molecule has 4 rings (SSSR count). The number of hydrogen-bond acceptors (Lipinski definition) is 1. The van der Waals surface area contributed by atoms with Crippen LogP contribution in [0.4, 0.5) is 0 Å². The van der Waals surface area contributed by atoms with Gasteiger partial charge in [0.1, 0.15) is 0 Å². The van der Waals surface area contributed by atoms with Crippen LogP contribution >= 0.6 is 0 Å². The molecule has 2 N–H and O–H groups in total. The van der Waals surface area contributed by atoms with Gasteiger partial charge in [-0.2, -0.15) is 0 Å². The van der Waals surface area contributed by atoms with Crippen molar-refractivity contribution in [3.8, 4) is 0 Å². The molecule has 1 nitrogen and oxygen atoms in total. The lowest BCUT2D eigenvalue weighted by molar-refractivity contribution is -0.115. The molecular formula is C15H27N. The van der Waals surface area contributed by atoms with Crippen molar-refractivity contribution in [1.82, 2.24) is 0 Å². The SMILES string of the molecule is CCC12CC3CC(C1)CC(CCCN)(C3)C2. The van der Waals surface area contributed by atoms with Crippen molar-refractivity contribution >= 4 is 0 Å². The van der Waals surface area contributed by atoms with Crippen molar-refractivity contribution in [3.05, 3.63) is 0 Å². The standard InChI is InChI=1S/C15H27N/c1-2-14-7-12-6-13(8-14)10-15(9-12,11-14)4-3-5-16/h12-13H,2-11,16H2,1H3. The summed E-state index contributed by atoms with van der Waals surface area (Å²) < 4.78 is 0. The van der Waals surface area contributed by atoms with E-state index in [2.05, 4.69) is 6.92 Å². The van der Waals surface area contributed by atoms with Crippen LogP contribution in [0.5, 0.6) is 0 Å². The first-order chi connectivity index (χ1) is 7.69. The normalized spacial score (nSPS) is 49.9. The molecule has 4 aliphatic carbocycles. The molecule has 0 spiro atoms. The fourth-order valence-electron chi connectivity index (χ4n) is 5.83. The molecule has 2 atom stereocenters. The molecule has 0 saturated heterocycles. The van der Waals surface area contributed by atoms with E-state index in [1.165, 1.54) is 19.3 Å². The minimum absolute atomic E-state index is 0.736. The summed E-state index contributed by atoms with van der Waals surface area (Å²) in [5, 5.41) is 0. The highest BCUT2D eigenvalue weighted by molar-refractivity contribution is 5.06. The van der Waals surface area contributed by atoms with E-state index >= 15 is 0 Å². The van der Waals surface area contributed by atoms with E-state index < -0.39 is 0 Å². The van der Waals surface area contributed by atoms with Gasteiger partial charge in [0, 0.05) is 0 Å². The minimum Gasteiger partial charge on any atom is -0.330 e. The highest BCUT2D eigenvalue weighted by Crippen LogP contribution is 2.67. The van der Waals surface area contributed by atoms with E-state index in [9.17, 15) is 0 Å². The molecule has 1 heteroatoms. The molecule has 0 aromatic heterocycles. The van der Waals surface area contributed by atoms with Gasteiger partial charge in [-0.1, -0.05) is 13.3 Å². The summed E-state index contributed by atoms with van der Waals surface area (Å²) in [6, 6.07) is 0. The third-order valence-electron chi connectivity index (χ3n) is 5.96. The average molecular weight is 221 g/mol. The Balaban J connectivity index is 1.81. The molecule has 0 heterocycles. The van der Waals surface area contributed by atoms with E-state index in [1.807, 2.05) is 0 Å². The lowest BCUT2D eigenvalue weighted by Gasteiger charge is -2.62. The zero-order chi connectivity index (χ0) is 11.2. The predicted molar refractivity (Wildman–Crippen MR) is 68.1 cm³/mol. The minimum atomic E-state index is 0.736. The van der Waals surface area contributed by atoms with Gasteiger partial charge in [-0.05, 0) is 80.6 Å². The van der Waals surface area contributed by atoms with Gasteiger partial charge in [-0.15, -0.1) is 0 Å². The van der Waals surface area contributed by atoms with Gasteiger partial charge in [0.2, 0.25) is 0 Å². The number of rotatable bonds is 4. The largest absolute Gasteiger partial charge is 0.330 e. The Morgan fingerprint density at radius 3 is 2.25 bits per heavy atom. The molecule has 4 bridgehead atoms. The van der Waals surface area contributed by atoms with Crippen molar-refractivity contribution in [3.63, 3.8) is 0 Å². The second-order valence-corrected chi connectivity index (χ2v) is 7.21. The summed E-state index contributed by atoms with van der Waals surface area (Å²) >= 11 is 0. The number of nitrogens with two attached hydrogens (primary N) is 1. The molecule has 16 heavy (non-hydrogen) atoms. The van der Waals surface area contributed by atoms with Crippen LogP contribution in [0.25, 0.3) is 0 Å². The quantitative estimate of drug-likeness (QED) is 0.769. The van der Waals surface area contributed by atoms with Crippen LogP contribution in [0.1, 0.15) is 64.7 Å². The zero-order valence-electron chi connectivity index (χ0n) is 10.8. The molecule has 92 valence electrons. The summed E-state index contributed by atoms with van der Waals surface area (Å²) in [4.78, 5) is 0. The predicted octanol–water partition coefficient (Wildman–Crippen LogP) is 3.72. The molecule has 0 radical (unpaired) electrons. The third kappa shape index (κ3) is 1.63. The summed E-state index contributed by atoms with van der Waals surface area (Å²) in [7, 11) is 0. The highest BCUT2D eigenvalue weighted by atomic mass is 14.6. The summed E-state index contributed by atoms with van der Waals surface area (Å²) in [5.41, 5.74) is 7.22. The van der Waals surface area contributed by atoms with E-state index in [0.29, 0.717) is 0 Å². The molecule has 4 saturated carbocycles. The number of hydrogen-bond donors (Lipinski definition) is 1. The van der Waals surface area contributed by atoms with Gasteiger partial charge >= 0.3 is 0 Å². The van der Waals surface area contributed by atoms with Gasteiger partial charge in [-0.3, -0.25) is 0 Å². The fraction of sp³-hybridized carbons (Fsp3) is 1.00. The van der Waals surface area contributed by atoms with Crippen LogP contribution < -0.4 is 5.73 Å². The molecule has 4 aliphatic rings. The van der Waals surface area contributed by atoms with Crippen LogP contribution in [0.2, 0.25) is 0 Å². The van der Waals surface area contributed by atoms with Crippen LogP contribution in [-0.4, -0.2) is 6.54 Å². The Bertz CT molecular complexity index is 257. The van der Waals surface area contributed by atoms with Crippen LogP contribution in [0.3, 0.4) is 0 Å². The Hall–Kier alpha value is -0.0400. The van der Waals surface area contributed by atoms with Crippen molar-refractivity contribution in [1.29, 1.82) is 0 Å². The lowest BCUT2D eigenvalue weighted by atomic mass is 9.43. The van der Waals surface area contributed by atoms with Crippen LogP contribution in [0, 0.1) is 22.7 Å².